The molecular formula is C25H19F2N2O. The van der Waals surface area contributed by atoms with Crippen LogP contribution in [0, 0.1) is 23.7 Å². The van der Waals surface area contributed by atoms with Gasteiger partial charge in [-0.3, -0.25) is 5.10 Å². The third-order valence-corrected chi connectivity index (χ3v) is 5.50. The summed E-state index contributed by atoms with van der Waals surface area (Å²) in [5.74, 6) is -0.172. The summed E-state index contributed by atoms with van der Waals surface area (Å²) in [7, 11) is 1.52. The fourth-order valence-electron chi connectivity index (χ4n) is 3.91. The number of allylic oxidation sites excluding steroid dienone is 1. The van der Waals surface area contributed by atoms with Gasteiger partial charge in [0.2, 0.25) is 5.95 Å². The van der Waals surface area contributed by atoms with E-state index in [1.54, 1.807) is 24.3 Å². The van der Waals surface area contributed by atoms with Crippen LogP contribution in [0.4, 0.5) is 8.78 Å². The normalized spacial score (nSPS) is 14.6. The Morgan fingerprint density at radius 2 is 1.97 bits per heavy atom. The van der Waals surface area contributed by atoms with Gasteiger partial charge in [0.25, 0.3) is 0 Å². The van der Waals surface area contributed by atoms with Gasteiger partial charge in [-0.25, -0.2) is 4.39 Å². The summed E-state index contributed by atoms with van der Waals surface area (Å²) in [6.07, 6.45) is 1.97. The van der Waals surface area contributed by atoms with E-state index in [1.807, 2.05) is 30.3 Å². The molecule has 1 saturated carbocycles. The van der Waals surface area contributed by atoms with E-state index in [9.17, 15) is 4.39 Å². The summed E-state index contributed by atoms with van der Waals surface area (Å²) in [4.78, 5) is 0. The molecular weight excluding hydrogens is 382 g/mol. The Morgan fingerprint density at radius 1 is 1.10 bits per heavy atom. The first-order chi connectivity index (χ1) is 14.7. The van der Waals surface area contributed by atoms with Crippen molar-refractivity contribution in [1.29, 1.82) is 0 Å². The van der Waals surface area contributed by atoms with Crippen LogP contribution in [-0.2, 0) is 0 Å². The largest absolute Gasteiger partial charge is 0.497 e. The molecule has 1 heterocycles. The first kappa shape index (κ1) is 18.6. The van der Waals surface area contributed by atoms with E-state index in [4.69, 9.17) is 4.74 Å². The Bertz CT molecular complexity index is 1260. The van der Waals surface area contributed by atoms with E-state index in [2.05, 4.69) is 16.3 Å². The van der Waals surface area contributed by atoms with Crippen molar-refractivity contribution in [2.45, 2.75) is 12.8 Å². The number of benzene rings is 3. The van der Waals surface area contributed by atoms with Crippen molar-refractivity contribution in [3.8, 4) is 5.75 Å². The number of ether oxygens (including phenoxy) is 1. The van der Waals surface area contributed by atoms with Gasteiger partial charge >= 0.3 is 0 Å². The van der Waals surface area contributed by atoms with Crippen LogP contribution < -0.4 is 4.74 Å². The average molecular weight is 401 g/mol. The van der Waals surface area contributed by atoms with E-state index >= 15 is 4.39 Å². The van der Waals surface area contributed by atoms with Gasteiger partial charge < -0.3 is 4.74 Å². The summed E-state index contributed by atoms with van der Waals surface area (Å²) in [6, 6.07) is 21.3. The molecule has 5 rings (SSSR count). The first-order valence-corrected chi connectivity index (χ1v) is 9.85. The molecule has 30 heavy (non-hydrogen) atoms. The maximum absolute atomic E-state index is 15.1. The van der Waals surface area contributed by atoms with Gasteiger partial charge in [-0.05, 0) is 71.4 Å². The van der Waals surface area contributed by atoms with Gasteiger partial charge in [0, 0.05) is 11.6 Å². The maximum Gasteiger partial charge on any atom is 0.240 e. The molecule has 5 heteroatoms. The molecule has 3 nitrogen and oxygen atoms in total. The molecule has 0 aliphatic heterocycles. The zero-order chi connectivity index (χ0) is 20.7. The van der Waals surface area contributed by atoms with Gasteiger partial charge in [0.05, 0.1) is 18.0 Å². The van der Waals surface area contributed by atoms with Gasteiger partial charge in [-0.15, -0.1) is 5.10 Å². The lowest BCUT2D eigenvalue weighted by Gasteiger charge is -2.18. The number of H-pyrrole nitrogens is 1. The van der Waals surface area contributed by atoms with Crippen molar-refractivity contribution in [2.24, 2.45) is 5.92 Å². The van der Waals surface area contributed by atoms with Crippen LogP contribution >= 0.6 is 0 Å². The topological polar surface area (TPSA) is 37.9 Å². The predicted octanol–water partition coefficient (Wildman–Crippen LogP) is 6.02. The molecule has 1 aromatic heterocycles. The Labute approximate surface area is 173 Å². The van der Waals surface area contributed by atoms with Crippen LogP contribution in [0.15, 0.2) is 60.7 Å². The zero-order valence-corrected chi connectivity index (χ0v) is 16.4. The number of aromatic nitrogens is 2. The van der Waals surface area contributed by atoms with Gasteiger partial charge in [-0.2, -0.15) is 4.39 Å². The van der Waals surface area contributed by atoms with Crippen LogP contribution in [0.25, 0.3) is 22.0 Å². The van der Waals surface area contributed by atoms with Crippen LogP contribution in [-0.4, -0.2) is 17.3 Å². The Hall–Kier alpha value is -3.47. The Morgan fingerprint density at radius 3 is 2.67 bits per heavy atom. The standard InChI is InChI=1S/C25H19F2N2O/c1-30-18-10-11-19(21(26)14-18)24(16-7-8-16)23(15-5-3-2-4-6-15)17-9-12-22-20(13-17)25(27)29-28-22/h2-5,9-14,16H,7-8H2,1H3,(H,28,29)/b24-23+. The van der Waals surface area contributed by atoms with E-state index < -0.39 is 5.95 Å². The molecule has 0 amide bonds. The number of fused-ring (bicyclic) bond motifs is 1. The van der Waals surface area contributed by atoms with Crippen LogP contribution in [0.5, 0.6) is 5.75 Å². The van der Waals surface area contributed by atoms with Crippen molar-refractivity contribution in [3.63, 3.8) is 0 Å². The molecule has 1 aliphatic rings. The summed E-state index contributed by atoms with van der Waals surface area (Å²) in [6.45, 7) is 0. The molecule has 0 atom stereocenters. The Balaban J connectivity index is 1.81. The Kier molecular flexibility index (Phi) is 4.58. The highest BCUT2D eigenvalue weighted by molar-refractivity contribution is 6.01. The molecule has 1 aliphatic carbocycles. The number of hydrogen-bond acceptors (Lipinski definition) is 2. The highest BCUT2D eigenvalue weighted by Gasteiger charge is 2.32. The minimum atomic E-state index is -0.549. The van der Waals surface area contributed by atoms with E-state index in [1.165, 1.54) is 13.2 Å². The van der Waals surface area contributed by atoms with Crippen LogP contribution in [0.2, 0.25) is 0 Å². The van der Waals surface area contributed by atoms with E-state index in [0.717, 1.165) is 35.1 Å². The summed E-state index contributed by atoms with van der Waals surface area (Å²) in [5.41, 5.74) is 4.60. The first-order valence-electron chi connectivity index (χ1n) is 9.85. The molecule has 1 fully saturated rings. The SMILES string of the molecule is COc1ccc(/C(=C(\c2[c]cccc2)c2ccc3[nH]nc(F)c3c2)C2CC2)c(F)c1. The molecule has 0 unspecified atom stereocenters. The second kappa shape index (κ2) is 7.41. The molecule has 1 radical (unpaired) electrons. The number of rotatable bonds is 5. The highest BCUT2D eigenvalue weighted by atomic mass is 19.1. The fourth-order valence-corrected chi connectivity index (χ4v) is 3.91. The lowest BCUT2D eigenvalue weighted by atomic mass is 9.86. The molecule has 0 saturated heterocycles. The average Bonchev–Trinajstić information content (AvgIpc) is 3.55. The molecule has 3 aromatic carbocycles. The van der Waals surface area contributed by atoms with Crippen molar-refractivity contribution in [1.82, 2.24) is 10.2 Å². The smallest absolute Gasteiger partial charge is 0.240 e. The van der Waals surface area contributed by atoms with Gasteiger partial charge in [0.15, 0.2) is 0 Å². The lowest BCUT2D eigenvalue weighted by molar-refractivity contribution is 0.411. The molecule has 0 bridgehead atoms. The number of aromatic amines is 1. The molecule has 149 valence electrons. The second-order valence-electron chi connectivity index (χ2n) is 7.46. The molecule has 4 aromatic rings. The molecule has 1 N–H and O–H groups in total. The highest BCUT2D eigenvalue weighted by Crippen LogP contribution is 2.48. The van der Waals surface area contributed by atoms with Gasteiger partial charge in [-0.1, -0.05) is 30.3 Å². The summed E-state index contributed by atoms with van der Waals surface area (Å²) in [5, 5.41) is 6.76. The number of nitrogens with zero attached hydrogens (tertiary/aromatic N) is 1. The van der Waals surface area contributed by atoms with E-state index in [-0.39, 0.29) is 11.7 Å². The quantitative estimate of drug-likeness (QED) is 0.415. The van der Waals surface area contributed by atoms with E-state index in [0.29, 0.717) is 22.2 Å². The summed E-state index contributed by atoms with van der Waals surface area (Å²) < 4.78 is 34.5. The number of halogens is 2. The number of hydrogen-bond donors (Lipinski definition) is 1. The third kappa shape index (κ3) is 3.26. The minimum Gasteiger partial charge on any atom is -0.497 e. The monoisotopic (exact) mass is 401 g/mol. The van der Waals surface area contributed by atoms with Crippen LogP contribution in [0.3, 0.4) is 0 Å². The van der Waals surface area contributed by atoms with Gasteiger partial charge in [0.1, 0.15) is 11.6 Å². The zero-order valence-electron chi connectivity index (χ0n) is 16.4. The van der Waals surface area contributed by atoms with Crippen molar-refractivity contribution in [2.75, 3.05) is 7.11 Å². The third-order valence-electron chi connectivity index (χ3n) is 5.50. The van der Waals surface area contributed by atoms with Crippen molar-refractivity contribution in [3.05, 3.63) is 95.2 Å². The lowest BCUT2D eigenvalue weighted by Crippen LogP contribution is -2.00. The summed E-state index contributed by atoms with van der Waals surface area (Å²) >= 11 is 0. The second-order valence-corrected chi connectivity index (χ2v) is 7.46. The van der Waals surface area contributed by atoms with Crippen molar-refractivity contribution < 1.29 is 13.5 Å². The molecule has 0 spiro atoms. The minimum absolute atomic E-state index is 0.237. The fraction of sp³-hybridized carbons (Fsp3) is 0.160. The number of nitrogens with one attached hydrogen (secondary N) is 1. The predicted molar refractivity (Wildman–Crippen MR) is 113 cm³/mol. The maximum atomic E-state index is 15.1. The van der Waals surface area contributed by atoms with Crippen LogP contribution in [0.1, 0.15) is 29.5 Å². The number of methoxy groups -OCH3 is 1. The van der Waals surface area contributed by atoms with Crippen molar-refractivity contribution >= 4 is 22.0 Å².